The zero-order chi connectivity index (χ0) is 21.5. The van der Waals surface area contributed by atoms with Gasteiger partial charge in [-0.05, 0) is 36.2 Å². The topological polar surface area (TPSA) is 71.2 Å². The summed E-state index contributed by atoms with van der Waals surface area (Å²) in [6.07, 6.45) is 4.29. The van der Waals surface area contributed by atoms with Crippen LogP contribution in [0.5, 0.6) is 11.5 Å². The zero-order valence-corrected chi connectivity index (χ0v) is 19.5. The molecule has 8 heteroatoms. The molecule has 1 aliphatic heterocycles. The van der Waals surface area contributed by atoms with Gasteiger partial charge in [-0.3, -0.25) is 0 Å². The summed E-state index contributed by atoms with van der Waals surface area (Å²) >= 11 is 9.58. The molecule has 1 aromatic heterocycles. The highest BCUT2D eigenvalue weighted by molar-refractivity contribution is 9.10. The number of aromatic nitrogens is 2. The van der Waals surface area contributed by atoms with Gasteiger partial charge in [0.05, 0.1) is 12.9 Å². The van der Waals surface area contributed by atoms with Crippen LogP contribution >= 0.6 is 27.5 Å². The van der Waals surface area contributed by atoms with Gasteiger partial charge in [0.2, 0.25) is 0 Å². The van der Waals surface area contributed by atoms with Gasteiger partial charge < -0.3 is 25.1 Å². The van der Waals surface area contributed by atoms with Gasteiger partial charge in [0.15, 0.2) is 0 Å². The minimum Gasteiger partial charge on any atom is -0.493 e. The van der Waals surface area contributed by atoms with Gasteiger partial charge in [0.1, 0.15) is 18.1 Å². The summed E-state index contributed by atoms with van der Waals surface area (Å²) in [5.74, 6) is 2.38. The number of nitrogens with zero attached hydrogens (tertiary/aromatic N) is 1. The van der Waals surface area contributed by atoms with Crippen molar-refractivity contribution in [2.24, 2.45) is 5.92 Å². The van der Waals surface area contributed by atoms with E-state index < -0.39 is 0 Å². The first-order chi connectivity index (χ1) is 15.2. The molecule has 0 unspecified atom stereocenters. The highest BCUT2D eigenvalue weighted by Gasteiger charge is 2.16. The monoisotopic (exact) mass is 504 g/mol. The normalized spacial score (nSPS) is 13.7. The predicted octanol–water partition coefficient (Wildman–Crippen LogP) is 4.34. The van der Waals surface area contributed by atoms with Crippen molar-refractivity contribution in [3.05, 3.63) is 75.2 Å². The van der Waals surface area contributed by atoms with Crippen molar-refractivity contribution < 1.29 is 9.47 Å². The molecule has 2 aromatic carbocycles. The molecule has 3 N–H and O–H groups in total. The quantitative estimate of drug-likeness (QED) is 0.362. The van der Waals surface area contributed by atoms with E-state index in [-0.39, 0.29) is 0 Å². The molecular formula is C23H26BrClN4O2. The summed E-state index contributed by atoms with van der Waals surface area (Å²) < 4.78 is 13.1. The first-order valence-corrected chi connectivity index (χ1v) is 11.6. The average Bonchev–Trinajstić information content (AvgIpc) is 3.24. The van der Waals surface area contributed by atoms with Crippen LogP contribution in [0.25, 0.3) is 0 Å². The van der Waals surface area contributed by atoms with Crippen molar-refractivity contribution in [1.29, 1.82) is 0 Å². The van der Waals surface area contributed by atoms with Crippen LogP contribution in [0.2, 0.25) is 5.02 Å². The molecule has 0 amide bonds. The van der Waals surface area contributed by atoms with E-state index in [1.54, 1.807) is 6.33 Å². The van der Waals surface area contributed by atoms with Crippen molar-refractivity contribution in [2.45, 2.75) is 19.6 Å². The first kappa shape index (κ1) is 22.1. The third-order valence-corrected chi connectivity index (χ3v) is 6.21. The van der Waals surface area contributed by atoms with Crippen LogP contribution in [0.1, 0.15) is 16.8 Å². The van der Waals surface area contributed by atoms with Gasteiger partial charge in [-0.15, -0.1) is 0 Å². The fourth-order valence-corrected chi connectivity index (χ4v) is 4.12. The largest absolute Gasteiger partial charge is 0.493 e. The van der Waals surface area contributed by atoms with E-state index in [1.165, 1.54) is 0 Å². The highest BCUT2D eigenvalue weighted by atomic mass is 79.9. The molecule has 6 nitrogen and oxygen atoms in total. The van der Waals surface area contributed by atoms with Crippen LogP contribution in [-0.4, -0.2) is 36.2 Å². The Morgan fingerprint density at radius 1 is 1.13 bits per heavy atom. The molecule has 0 spiro atoms. The Morgan fingerprint density at radius 2 is 2.03 bits per heavy atom. The minimum absolute atomic E-state index is 0.457. The second-order valence-electron chi connectivity index (χ2n) is 7.62. The molecule has 1 saturated heterocycles. The Balaban J connectivity index is 1.39. The molecule has 0 bridgehead atoms. The number of halogens is 2. The molecule has 4 rings (SSSR count). The molecule has 0 atom stereocenters. The number of nitrogens with one attached hydrogen (secondary N) is 3. The van der Waals surface area contributed by atoms with Crippen LogP contribution < -0.4 is 20.1 Å². The summed E-state index contributed by atoms with van der Waals surface area (Å²) in [4.78, 5) is 7.16. The predicted molar refractivity (Wildman–Crippen MR) is 126 cm³/mol. The van der Waals surface area contributed by atoms with Crippen LogP contribution in [0.4, 0.5) is 0 Å². The van der Waals surface area contributed by atoms with Crippen LogP contribution in [0.3, 0.4) is 0 Å². The van der Waals surface area contributed by atoms with Gasteiger partial charge in [-0.1, -0.05) is 33.6 Å². The fourth-order valence-electron chi connectivity index (χ4n) is 3.32. The van der Waals surface area contributed by atoms with Gasteiger partial charge in [-0.25, -0.2) is 4.98 Å². The Morgan fingerprint density at radius 3 is 2.77 bits per heavy atom. The molecule has 31 heavy (non-hydrogen) atoms. The zero-order valence-electron chi connectivity index (χ0n) is 17.2. The second-order valence-corrected chi connectivity index (χ2v) is 8.92. The van der Waals surface area contributed by atoms with Gasteiger partial charge >= 0.3 is 0 Å². The standard InChI is InChI=1S/C23H26BrClN4O2/c24-22-8-19(25)2-1-17(22)14-31-21-3-4-23(30-6-5-20-13-28-15-29-20)18(7-21)12-27-11-16-9-26-10-16/h1-4,7-8,13,15-16,26-27H,5-6,9-12,14H2,(H,28,29). The van der Waals surface area contributed by atoms with Crippen LogP contribution in [0.15, 0.2) is 53.4 Å². The molecule has 1 fully saturated rings. The molecule has 3 aromatic rings. The number of hydrogen-bond acceptors (Lipinski definition) is 5. The fraction of sp³-hybridized carbons (Fsp3) is 0.348. The smallest absolute Gasteiger partial charge is 0.124 e. The van der Waals surface area contributed by atoms with Gasteiger partial charge in [0.25, 0.3) is 0 Å². The Labute approximate surface area is 195 Å². The Kier molecular flexibility index (Phi) is 7.86. The van der Waals surface area contributed by atoms with Crippen molar-refractivity contribution in [3.63, 3.8) is 0 Å². The van der Waals surface area contributed by atoms with Gasteiger partial charge in [-0.2, -0.15) is 0 Å². The number of hydrogen-bond donors (Lipinski definition) is 3. The summed E-state index contributed by atoms with van der Waals surface area (Å²) in [5, 5.41) is 7.55. The SMILES string of the molecule is Clc1ccc(COc2ccc(OCCc3cnc[nH]3)c(CNCC3CNC3)c2)c(Br)c1. The molecular weight excluding hydrogens is 480 g/mol. The lowest BCUT2D eigenvalue weighted by atomic mass is 10.0. The van der Waals surface area contributed by atoms with E-state index in [0.29, 0.717) is 24.2 Å². The van der Waals surface area contributed by atoms with Crippen molar-refractivity contribution in [1.82, 2.24) is 20.6 Å². The maximum absolute atomic E-state index is 6.08. The summed E-state index contributed by atoms with van der Waals surface area (Å²) in [6, 6.07) is 11.7. The highest BCUT2D eigenvalue weighted by Crippen LogP contribution is 2.27. The molecule has 2 heterocycles. The van der Waals surface area contributed by atoms with E-state index in [1.807, 2.05) is 36.5 Å². The van der Waals surface area contributed by atoms with Crippen LogP contribution in [0, 0.1) is 5.92 Å². The van der Waals surface area contributed by atoms with Crippen molar-refractivity contribution in [3.8, 4) is 11.5 Å². The lowest BCUT2D eigenvalue weighted by Gasteiger charge is -2.27. The van der Waals surface area contributed by atoms with Crippen LogP contribution in [-0.2, 0) is 19.6 Å². The molecule has 164 valence electrons. The molecule has 0 radical (unpaired) electrons. The van der Waals surface area contributed by atoms with E-state index in [0.717, 1.165) is 65.4 Å². The number of benzene rings is 2. The maximum Gasteiger partial charge on any atom is 0.124 e. The number of aromatic amines is 1. The third-order valence-electron chi connectivity index (χ3n) is 5.24. The van der Waals surface area contributed by atoms with Gasteiger partial charge in [0, 0.05) is 65.1 Å². The average molecular weight is 506 g/mol. The van der Waals surface area contributed by atoms with Crippen molar-refractivity contribution in [2.75, 3.05) is 26.2 Å². The number of ether oxygens (including phenoxy) is 2. The van der Waals surface area contributed by atoms with Crippen molar-refractivity contribution >= 4 is 27.5 Å². The van der Waals surface area contributed by atoms with E-state index in [4.69, 9.17) is 21.1 Å². The molecule has 1 aliphatic rings. The molecule has 0 saturated carbocycles. The molecule has 0 aliphatic carbocycles. The minimum atomic E-state index is 0.457. The summed E-state index contributed by atoms with van der Waals surface area (Å²) in [7, 11) is 0. The third kappa shape index (κ3) is 6.46. The lowest BCUT2D eigenvalue weighted by molar-refractivity contribution is 0.298. The Bertz CT molecular complexity index is 980. The lowest BCUT2D eigenvalue weighted by Crippen LogP contribution is -2.47. The number of imidazole rings is 1. The second kappa shape index (κ2) is 11.0. The van der Waals surface area contributed by atoms with E-state index >= 15 is 0 Å². The number of rotatable bonds is 11. The number of H-pyrrole nitrogens is 1. The Hall–Kier alpha value is -2.06. The summed E-state index contributed by atoms with van der Waals surface area (Å²) in [6.45, 7) is 4.93. The van der Waals surface area contributed by atoms with E-state index in [2.05, 4.69) is 42.6 Å². The first-order valence-electron chi connectivity index (χ1n) is 10.4. The maximum atomic E-state index is 6.08. The van der Waals surface area contributed by atoms with E-state index in [9.17, 15) is 0 Å². The summed E-state index contributed by atoms with van der Waals surface area (Å²) in [5.41, 5.74) is 3.19.